The summed E-state index contributed by atoms with van der Waals surface area (Å²) in [5.74, 6) is -0.677. The Labute approximate surface area is 80.2 Å². The molecule has 4 heteroatoms. The van der Waals surface area contributed by atoms with Gasteiger partial charge in [0.1, 0.15) is 5.82 Å². The van der Waals surface area contributed by atoms with E-state index in [-0.39, 0.29) is 18.1 Å². The Kier molecular flexibility index (Phi) is 2.26. The van der Waals surface area contributed by atoms with E-state index in [2.05, 4.69) is 4.99 Å². The van der Waals surface area contributed by atoms with Gasteiger partial charge in [-0.15, -0.1) is 0 Å². The quantitative estimate of drug-likeness (QED) is 0.710. The monoisotopic (exact) mass is 193 g/mol. The molecule has 3 nitrogen and oxygen atoms in total. The molecule has 0 spiro atoms. The average molecular weight is 193 g/mol. The van der Waals surface area contributed by atoms with Crippen LogP contribution in [-0.2, 0) is 16.0 Å². The largest absolute Gasteiger partial charge is 0.470 e. The molecular formula is C10H8FNO2. The van der Waals surface area contributed by atoms with E-state index in [1.54, 1.807) is 18.2 Å². The molecule has 72 valence electrons. The Bertz CT molecular complexity index is 389. The standard InChI is InChI=1S/C10H8FNO2/c11-8-4-2-1-3-7(8)5-9-10(13)12-6-14-9/h1-4,6,9H,5H2. The van der Waals surface area contributed by atoms with Crippen LogP contribution in [0.4, 0.5) is 4.39 Å². The van der Waals surface area contributed by atoms with E-state index in [1.165, 1.54) is 6.07 Å². The second-order valence-corrected chi connectivity index (χ2v) is 2.99. The number of hydrogen-bond donors (Lipinski definition) is 0. The SMILES string of the molecule is O=C1N=COC1Cc1ccccc1F. The average Bonchev–Trinajstić information content (AvgIpc) is 2.56. The topological polar surface area (TPSA) is 38.7 Å². The van der Waals surface area contributed by atoms with E-state index in [1.807, 2.05) is 0 Å². The van der Waals surface area contributed by atoms with Crippen LogP contribution in [0.2, 0.25) is 0 Å². The van der Waals surface area contributed by atoms with Gasteiger partial charge in [0.2, 0.25) is 0 Å². The molecule has 2 rings (SSSR count). The van der Waals surface area contributed by atoms with Crippen LogP contribution in [-0.4, -0.2) is 18.4 Å². The third-order valence-corrected chi connectivity index (χ3v) is 2.04. The number of ether oxygens (including phenoxy) is 1. The molecule has 1 aliphatic rings. The first kappa shape index (κ1) is 8.87. The predicted molar refractivity (Wildman–Crippen MR) is 48.5 cm³/mol. The van der Waals surface area contributed by atoms with Crippen molar-refractivity contribution in [3.05, 3.63) is 35.6 Å². The lowest BCUT2D eigenvalue weighted by molar-refractivity contribution is -0.122. The van der Waals surface area contributed by atoms with Gasteiger partial charge in [-0.05, 0) is 11.6 Å². The van der Waals surface area contributed by atoms with Gasteiger partial charge in [-0.1, -0.05) is 18.2 Å². The van der Waals surface area contributed by atoms with E-state index in [4.69, 9.17) is 4.74 Å². The molecule has 1 unspecified atom stereocenters. The van der Waals surface area contributed by atoms with Crippen LogP contribution < -0.4 is 0 Å². The van der Waals surface area contributed by atoms with Crippen LogP contribution in [0, 0.1) is 5.82 Å². The predicted octanol–water partition coefficient (Wildman–Crippen LogP) is 1.32. The van der Waals surface area contributed by atoms with Crippen molar-refractivity contribution in [1.82, 2.24) is 0 Å². The Balaban J connectivity index is 2.12. The normalized spacial score (nSPS) is 19.8. The minimum atomic E-state index is -0.660. The molecule has 1 atom stereocenters. The maximum atomic E-state index is 13.2. The van der Waals surface area contributed by atoms with Crippen molar-refractivity contribution in [1.29, 1.82) is 0 Å². The van der Waals surface area contributed by atoms with Crippen molar-refractivity contribution in [2.75, 3.05) is 0 Å². The molecule has 0 N–H and O–H groups in total. The molecule has 0 radical (unpaired) electrons. The molecule has 1 aliphatic heterocycles. The van der Waals surface area contributed by atoms with Gasteiger partial charge >= 0.3 is 0 Å². The van der Waals surface area contributed by atoms with E-state index in [0.717, 1.165) is 6.40 Å². The van der Waals surface area contributed by atoms with Crippen molar-refractivity contribution in [3.8, 4) is 0 Å². The van der Waals surface area contributed by atoms with Crippen molar-refractivity contribution in [3.63, 3.8) is 0 Å². The summed E-state index contributed by atoms with van der Waals surface area (Å²) < 4.78 is 18.1. The zero-order valence-corrected chi connectivity index (χ0v) is 7.31. The number of hydrogen-bond acceptors (Lipinski definition) is 2. The fraction of sp³-hybridized carbons (Fsp3) is 0.200. The second kappa shape index (κ2) is 3.57. The second-order valence-electron chi connectivity index (χ2n) is 2.99. The van der Waals surface area contributed by atoms with Crippen molar-refractivity contribution in [2.24, 2.45) is 4.99 Å². The molecule has 1 amide bonds. The fourth-order valence-corrected chi connectivity index (χ4v) is 1.30. The Morgan fingerprint density at radius 3 is 2.86 bits per heavy atom. The maximum Gasteiger partial charge on any atom is 0.289 e. The number of carbonyl (C=O) groups excluding carboxylic acids is 1. The van der Waals surface area contributed by atoms with Crippen LogP contribution in [0.1, 0.15) is 5.56 Å². The van der Waals surface area contributed by atoms with Crippen molar-refractivity contribution >= 4 is 12.3 Å². The number of carbonyl (C=O) groups is 1. The van der Waals surface area contributed by atoms with E-state index in [9.17, 15) is 9.18 Å². The van der Waals surface area contributed by atoms with E-state index < -0.39 is 6.10 Å². The fourth-order valence-electron chi connectivity index (χ4n) is 1.30. The van der Waals surface area contributed by atoms with Gasteiger partial charge in [0.05, 0.1) is 0 Å². The zero-order valence-electron chi connectivity index (χ0n) is 7.31. The number of nitrogens with zero attached hydrogens (tertiary/aromatic N) is 1. The van der Waals surface area contributed by atoms with E-state index in [0.29, 0.717) is 5.56 Å². The third-order valence-electron chi connectivity index (χ3n) is 2.04. The summed E-state index contributed by atoms with van der Waals surface area (Å²) in [5.41, 5.74) is 0.469. The number of benzene rings is 1. The van der Waals surface area contributed by atoms with Gasteiger partial charge in [-0.2, -0.15) is 4.99 Å². The first-order valence-electron chi connectivity index (χ1n) is 4.22. The molecule has 0 saturated carbocycles. The smallest absolute Gasteiger partial charge is 0.289 e. The highest BCUT2D eigenvalue weighted by Crippen LogP contribution is 2.13. The molecule has 14 heavy (non-hydrogen) atoms. The van der Waals surface area contributed by atoms with Crippen LogP contribution in [0.25, 0.3) is 0 Å². The highest BCUT2D eigenvalue weighted by atomic mass is 19.1. The molecular weight excluding hydrogens is 185 g/mol. The summed E-state index contributed by atoms with van der Waals surface area (Å²) in [6, 6.07) is 6.31. The lowest BCUT2D eigenvalue weighted by atomic mass is 10.1. The first-order chi connectivity index (χ1) is 6.77. The molecule has 0 aliphatic carbocycles. The van der Waals surface area contributed by atoms with Gasteiger partial charge in [0, 0.05) is 6.42 Å². The zero-order chi connectivity index (χ0) is 9.97. The van der Waals surface area contributed by atoms with Crippen LogP contribution >= 0.6 is 0 Å². The molecule has 1 heterocycles. The van der Waals surface area contributed by atoms with Gasteiger partial charge in [-0.25, -0.2) is 4.39 Å². The van der Waals surface area contributed by atoms with Crippen LogP contribution in [0.5, 0.6) is 0 Å². The Hall–Kier alpha value is -1.71. The minimum absolute atomic E-state index is 0.228. The van der Waals surface area contributed by atoms with Crippen molar-refractivity contribution < 1.29 is 13.9 Å². The van der Waals surface area contributed by atoms with Gasteiger partial charge in [0.25, 0.3) is 5.91 Å². The summed E-state index contributed by atoms with van der Waals surface area (Å²) in [6.45, 7) is 0. The summed E-state index contributed by atoms with van der Waals surface area (Å²) in [7, 11) is 0. The molecule has 0 saturated heterocycles. The number of aliphatic imine (C=N–C) groups is 1. The lowest BCUT2D eigenvalue weighted by Gasteiger charge is -2.07. The summed E-state index contributed by atoms with van der Waals surface area (Å²) in [4.78, 5) is 14.5. The van der Waals surface area contributed by atoms with Crippen LogP contribution in [0.3, 0.4) is 0 Å². The Morgan fingerprint density at radius 2 is 2.21 bits per heavy atom. The van der Waals surface area contributed by atoms with Crippen molar-refractivity contribution in [2.45, 2.75) is 12.5 Å². The molecule has 0 aromatic heterocycles. The molecule has 0 fully saturated rings. The first-order valence-corrected chi connectivity index (χ1v) is 4.22. The summed E-state index contributed by atoms with van der Waals surface area (Å²) in [5, 5.41) is 0. The number of rotatable bonds is 2. The minimum Gasteiger partial charge on any atom is -0.470 e. The molecule has 1 aromatic carbocycles. The van der Waals surface area contributed by atoms with Gasteiger partial charge in [-0.3, -0.25) is 4.79 Å². The third kappa shape index (κ3) is 1.64. The number of amides is 1. The highest BCUT2D eigenvalue weighted by molar-refractivity contribution is 5.91. The summed E-state index contributed by atoms with van der Waals surface area (Å²) >= 11 is 0. The number of halogens is 1. The summed E-state index contributed by atoms with van der Waals surface area (Å²) in [6.07, 6.45) is 0.672. The maximum absolute atomic E-state index is 13.2. The van der Waals surface area contributed by atoms with Gasteiger partial charge in [0.15, 0.2) is 12.5 Å². The lowest BCUT2D eigenvalue weighted by Crippen LogP contribution is -2.19. The highest BCUT2D eigenvalue weighted by Gasteiger charge is 2.24. The van der Waals surface area contributed by atoms with E-state index >= 15 is 0 Å². The Morgan fingerprint density at radius 1 is 1.43 bits per heavy atom. The molecule has 1 aromatic rings. The van der Waals surface area contributed by atoms with Gasteiger partial charge < -0.3 is 4.74 Å². The molecule has 0 bridgehead atoms. The van der Waals surface area contributed by atoms with Crippen LogP contribution in [0.15, 0.2) is 29.3 Å².